The molecule has 0 atom stereocenters. The second kappa shape index (κ2) is 49.1. The van der Waals surface area contributed by atoms with Crippen molar-refractivity contribution in [2.45, 2.75) is 208 Å². The summed E-state index contributed by atoms with van der Waals surface area (Å²) in [6.45, 7) is 28.2. The van der Waals surface area contributed by atoms with E-state index in [-0.39, 0.29) is 12.2 Å². The first kappa shape index (κ1) is 84.5. The number of allylic oxidation sites excluding steroid dienone is 2. The third-order valence-electron chi connectivity index (χ3n) is 17.3. The number of rotatable bonds is 54. The molecule has 0 saturated heterocycles. The highest BCUT2D eigenvalue weighted by atomic mass is 16.6. The third kappa shape index (κ3) is 37.0. The van der Waals surface area contributed by atoms with E-state index in [1.54, 1.807) is 9.80 Å². The number of amides is 2. The maximum atomic E-state index is 13.5. The molecule has 0 fully saturated rings. The van der Waals surface area contributed by atoms with Gasteiger partial charge in [0.1, 0.15) is 72.1 Å². The molecule has 0 heterocycles. The lowest BCUT2D eigenvalue weighted by molar-refractivity contribution is 0.0207. The van der Waals surface area contributed by atoms with Crippen molar-refractivity contribution in [2.75, 3.05) is 66.1 Å². The summed E-state index contributed by atoms with van der Waals surface area (Å²) in [5.74, 6) is 4.65. The van der Waals surface area contributed by atoms with E-state index in [9.17, 15) is 9.59 Å². The molecule has 2 amide bonds. The zero-order chi connectivity index (χ0) is 75.1. The Labute approximate surface area is 634 Å². The molecular weight excluding hydrogens is 1330 g/mol. The van der Waals surface area contributed by atoms with E-state index in [0.29, 0.717) is 130 Å². The fourth-order valence-electron chi connectivity index (χ4n) is 11.6. The Hall–Kier alpha value is -8.80. The van der Waals surface area contributed by atoms with Crippen molar-refractivity contribution >= 4 is 12.2 Å². The molecule has 0 aliphatic carbocycles. The summed E-state index contributed by atoms with van der Waals surface area (Å²) in [7, 11) is 0. The number of hydrogen-bond donors (Lipinski definition) is 2. The van der Waals surface area contributed by atoms with E-state index in [1.165, 1.54) is 77.0 Å². The van der Waals surface area contributed by atoms with Crippen LogP contribution in [0.25, 0.3) is 0 Å². The van der Waals surface area contributed by atoms with E-state index in [0.717, 1.165) is 93.2 Å². The highest BCUT2D eigenvalue weighted by Crippen LogP contribution is 2.25. The van der Waals surface area contributed by atoms with Crippen LogP contribution in [0.5, 0.6) is 34.5 Å². The molecule has 574 valence electrons. The van der Waals surface area contributed by atoms with E-state index in [2.05, 4.69) is 96.6 Å². The standard InChI is InChI=1S/C90H122N4O12/c1-9-11-13-15-17-19-21-23-25-54-99-81-50-42-79(43-51-81)71-93(87(95)105-89(3,4)5)69-77-34-30-73(31-35-77)65-91-67-75-38-46-83(47-39-75)101-60-56-97-58-62-103-85-28-27-29-86(64-85)104-63-59-98-57-61-102-84-48-40-76(41-49-84)68-92-66-74-32-36-78(37-33-74)70-94(88(96)106-90(6,7)8)72-80-44-52-82(53-45-80)100-55-26-24-22-20-18-16-14-12-10-2/h9-10,27-53,64,91-92H,1-2,11-26,54-63,65-72H2,3-8H3. The van der Waals surface area contributed by atoms with Gasteiger partial charge in [0.25, 0.3) is 0 Å². The van der Waals surface area contributed by atoms with Crippen LogP contribution in [0.1, 0.15) is 189 Å². The summed E-state index contributed by atoms with van der Waals surface area (Å²) < 4.78 is 59.1. The van der Waals surface area contributed by atoms with E-state index in [1.807, 2.05) is 151 Å². The second-order valence-electron chi connectivity index (χ2n) is 29.0. The Bertz CT molecular complexity index is 3290. The van der Waals surface area contributed by atoms with Gasteiger partial charge in [-0.3, -0.25) is 9.80 Å². The number of unbranched alkanes of at least 4 members (excludes halogenated alkanes) is 14. The van der Waals surface area contributed by atoms with Gasteiger partial charge in [-0.05, 0) is 185 Å². The smallest absolute Gasteiger partial charge is 0.410 e. The molecule has 0 saturated carbocycles. The number of hydrogen-bond acceptors (Lipinski definition) is 14. The number of benzene rings is 7. The normalized spacial score (nSPS) is 11.4. The van der Waals surface area contributed by atoms with Crippen LogP contribution in [0.3, 0.4) is 0 Å². The van der Waals surface area contributed by atoms with Gasteiger partial charge in [0.2, 0.25) is 0 Å². The largest absolute Gasteiger partial charge is 0.494 e. The molecule has 7 rings (SSSR count). The van der Waals surface area contributed by atoms with Gasteiger partial charge in [-0.25, -0.2) is 9.59 Å². The molecule has 0 bridgehead atoms. The lowest BCUT2D eigenvalue weighted by atomic mass is 10.1. The van der Waals surface area contributed by atoms with Crippen LogP contribution in [0.15, 0.2) is 195 Å². The molecule has 7 aromatic rings. The summed E-state index contributed by atoms with van der Waals surface area (Å²) in [4.78, 5) is 30.4. The van der Waals surface area contributed by atoms with Gasteiger partial charge in [-0.2, -0.15) is 0 Å². The average Bonchev–Trinajstić information content (AvgIpc) is 0.855. The summed E-state index contributed by atoms with van der Waals surface area (Å²) in [5.41, 5.74) is 7.44. The van der Waals surface area contributed by atoms with Crippen LogP contribution in [-0.2, 0) is 71.3 Å². The SMILES string of the molecule is C=CCCCCCCCCCOc1ccc(CN(Cc2ccc(CNCc3ccc(OCCOCCOc4cccc(OCCOCCOc5ccc(CNCc6ccc(CN(Cc7ccc(OCCCCCCCCCC=C)cc7)C(=O)OC(C)(C)C)cc6)cc5)c4)cc3)cc2)C(=O)OC(C)(C)C)cc1. The zero-order valence-corrected chi connectivity index (χ0v) is 64.6. The molecule has 16 nitrogen and oxygen atoms in total. The molecule has 0 aromatic heterocycles. The molecule has 106 heavy (non-hydrogen) atoms. The van der Waals surface area contributed by atoms with Crippen LogP contribution in [-0.4, -0.2) is 99.3 Å². The molecular formula is C90H122N4O12. The van der Waals surface area contributed by atoms with Crippen LogP contribution < -0.4 is 39.1 Å². The van der Waals surface area contributed by atoms with Crippen LogP contribution >= 0.6 is 0 Å². The summed E-state index contributed by atoms with van der Waals surface area (Å²) >= 11 is 0. The first-order chi connectivity index (χ1) is 51.5. The molecule has 7 aromatic carbocycles. The Morgan fingerprint density at radius 3 is 0.849 bits per heavy atom. The predicted octanol–water partition coefficient (Wildman–Crippen LogP) is 20.5. The molecule has 0 spiro atoms. The molecule has 2 N–H and O–H groups in total. The summed E-state index contributed by atoms with van der Waals surface area (Å²) in [6, 6.07) is 56.6. The van der Waals surface area contributed by atoms with Crippen molar-refractivity contribution in [1.29, 1.82) is 0 Å². The van der Waals surface area contributed by atoms with Crippen molar-refractivity contribution in [3.05, 3.63) is 240 Å². The minimum absolute atomic E-state index is 0.348. The number of nitrogens with zero attached hydrogens (tertiary/aromatic N) is 2. The van der Waals surface area contributed by atoms with Crippen molar-refractivity contribution < 1.29 is 57.0 Å². The lowest BCUT2D eigenvalue weighted by Crippen LogP contribution is -2.36. The van der Waals surface area contributed by atoms with E-state index in [4.69, 9.17) is 47.4 Å². The second-order valence-corrected chi connectivity index (χ2v) is 29.0. The van der Waals surface area contributed by atoms with Crippen molar-refractivity contribution in [3.63, 3.8) is 0 Å². The van der Waals surface area contributed by atoms with Gasteiger partial charge >= 0.3 is 12.2 Å². The van der Waals surface area contributed by atoms with Gasteiger partial charge in [-0.15, -0.1) is 13.2 Å². The fourth-order valence-corrected chi connectivity index (χ4v) is 11.6. The van der Waals surface area contributed by atoms with Gasteiger partial charge in [0.05, 0.1) is 39.6 Å². The third-order valence-corrected chi connectivity index (χ3v) is 17.3. The van der Waals surface area contributed by atoms with Crippen LogP contribution in [0, 0.1) is 0 Å². The maximum absolute atomic E-state index is 13.5. The van der Waals surface area contributed by atoms with Crippen LogP contribution in [0.2, 0.25) is 0 Å². The highest BCUT2D eigenvalue weighted by Gasteiger charge is 2.25. The van der Waals surface area contributed by atoms with Crippen molar-refractivity contribution in [2.24, 2.45) is 0 Å². The molecule has 0 radical (unpaired) electrons. The number of nitrogens with one attached hydrogen (secondary N) is 2. The highest BCUT2D eigenvalue weighted by molar-refractivity contribution is 5.69. The number of carbonyl (C=O) groups excluding carboxylic acids is 2. The van der Waals surface area contributed by atoms with Gasteiger partial charge in [-0.1, -0.05) is 179 Å². The summed E-state index contributed by atoms with van der Waals surface area (Å²) in [6.07, 6.45) is 22.7. The Balaban J connectivity index is 0.685. The van der Waals surface area contributed by atoms with E-state index < -0.39 is 11.2 Å². The average molecular weight is 1450 g/mol. The van der Waals surface area contributed by atoms with Crippen molar-refractivity contribution in [3.8, 4) is 34.5 Å². The first-order valence-corrected chi connectivity index (χ1v) is 38.7. The Morgan fingerprint density at radius 2 is 0.557 bits per heavy atom. The monoisotopic (exact) mass is 1450 g/mol. The molecule has 0 unspecified atom stereocenters. The Kier molecular flexibility index (Phi) is 39.2. The number of ether oxygens (including phenoxy) is 10. The maximum Gasteiger partial charge on any atom is 0.410 e. The lowest BCUT2D eigenvalue weighted by Gasteiger charge is -2.28. The van der Waals surface area contributed by atoms with Gasteiger partial charge in [0, 0.05) is 58.4 Å². The fraction of sp³-hybridized carbons (Fsp3) is 0.467. The molecule has 0 aliphatic rings. The summed E-state index contributed by atoms with van der Waals surface area (Å²) in [5, 5.41) is 7.09. The van der Waals surface area contributed by atoms with Gasteiger partial charge in [0.15, 0.2) is 0 Å². The molecule has 16 heteroatoms. The quantitative estimate of drug-likeness (QED) is 0.0274. The topological polar surface area (TPSA) is 157 Å². The Morgan fingerprint density at radius 1 is 0.311 bits per heavy atom. The van der Waals surface area contributed by atoms with Crippen molar-refractivity contribution in [1.82, 2.24) is 20.4 Å². The first-order valence-electron chi connectivity index (χ1n) is 38.7. The minimum atomic E-state index is -0.611. The molecule has 0 aliphatic heterocycles. The number of carbonyl (C=O) groups is 2. The minimum Gasteiger partial charge on any atom is -0.494 e. The van der Waals surface area contributed by atoms with Gasteiger partial charge < -0.3 is 58.0 Å². The van der Waals surface area contributed by atoms with E-state index >= 15 is 0 Å². The predicted molar refractivity (Wildman–Crippen MR) is 426 cm³/mol. The zero-order valence-electron chi connectivity index (χ0n) is 64.6. The van der Waals surface area contributed by atoms with Crippen LogP contribution in [0.4, 0.5) is 9.59 Å².